The average molecular weight is 398 g/mol. The normalized spacial score (nSPS) is 22.5. The van der Waals surface area contributed by atoms with Crippen LogP contribution in [0.5, 0.6) is 0 Å². The lowest BCUT2D eigenvalue weighted by Crippen LogP contribution is -2.33. The predicted molar refractivity (Wildman–Crippen MR) is 101 cm³/mol. The van der Waals surface area contributed by atoms with E-state index in [1.807, 2.05) is 25.3 Å². The summed E-state index contributed by atoms with van der Waals surface area (Å²) in [4.78, 5) is 14.5. The van der Waals surface area contributed by atoms with Crippen LogP contribution in [0.25, 0.3) is 11.2 Å². The summed E-state index contributed by atoms with van der Waals surface area (Å²) in [5, 5.41) is 0. The molecule has 2 aromatic heterocycles. The molecule has 3 heterocycles. The Morgan fingerprint density at radius 1 is 1.37 bits per heavy atom. The van der Waals surface area contributed by atoms with Crippen molar-refractivity contribution in [2.45, 2.75) is 52.2 Å². The van der Waals surface area contributed by atoms with E-state index in [0.29, 0.717) is 17.0 Å². The molecule has 3 rings (SSSR count). The molecule has 1 saturated heterocycles. The van der Waals surface area contributed by atoms with E-state index >= 15 is 0 Å². The van der Waals surface area contributed by atoms with Gasteiger partial charge in [-0.3, -0.25) is 18.6 Å². The van der Waals surface area contributed by atoms with E-state index in [1.54, 1.807) is 6.33 Å². The van der Waals surface area contributed by atoms with Crippen molar-refractivity contribution < 1.29 is 18.3 Å². The summed E-state index contributed by atoms with van der Waals surface area (Å²) in [6.07, 6.45) is 4.01. The average Bonchev–Trinajstić information content (AvgIpc) is 3.28. The minimum absolute atomic E-state index is 0.159. The van der Waals surface area contributed by atoms with Crippen molar-refractivity contribution in [3.63, 3.8) is 0 Å². The summed E-state index contributed by atoms with van der Waals surface area (Å²) in [5.41, 5.74) is 7.02. The molecular weight excluding hydrogens is 371 g/mol. The van der Waals surface area contributed by atoms with Gasteiger partial charge in [-0.15, -0.1) is 0 Å². The number of ether oxygens (including phenoxy) is 1. The lowest BCUT2D eigenvalue weighted by atomic mass is 10.2. The molecule has 0 radical (unpaired) electrons. The SMILES string of the molecule is CCN(CC)C(C)O[PH](=O)OC[C@H]1CC[C@@H](n2cnc3c(N)ncnc32)O1. The van der Waals surface area contributed by atoms with Gasteiger partial charge in [-0.1, -0.05) is 13.8 Å². The third kappa shape index (κ3) is 4.64. The van der Waals surface area contributed by atoms with Crippen LogP contribution in [0.3, 0.4) is 0 Å². The Hall–Kier alpha value is -1.58. The molecule has 11 heteroatoms. The van der Waals surface area contributed by atoms with Gasteiger partial charge in [0.05, 0.1) is 19.0 Å². The van der Waals surface area contributed by atoms with Gasteiger partial charge in [0.25, 0.3) is 0 Å². The van der Waals surface area contributed by atoms with E-state index in [-0.39, 0.29) is 25.2 Å². The molecule has 1 fully saturated rings. The van der Waals surface area contributed by atoms with Crippen molar-refractivity contribution in [2.75, 3.05) is 25.4 Å². The quantitative estimate of drug-likeness (QED) is 0.501. The standard InChI is InChI=1S/C16H27N6O4P/c1-4-21(5-2)11(3)26-27(23)24-8-12-6-7-13(25-12)22-10-20-14-15(17)18-9-19-16(14)22/h9-13,27H,4-8H2,1-3H3,(H2,17,18,19)/t11?,12-,13+/m1/s1. The minimum atomic E-state index is -2.58. The number of hydrogen-bond donors (Lipinski definition) is 1. The molecule has 2 N–H and O–H groups in total. The summed E-state index contributed by atoms with van der Waals surface area (Å²) in [6.45, 7) is 7.82. The van der Waals surface area contributed by atoms with Gasteiger partial charge < -0.3 is 15.0 Å². The number of imidazole rings is 1. The molecule has 27 heavy (non-hydrogen) atoms. The molecule has 1 aliphatic rings. The molecule has 4 atom stereocenters. The van der Waals surface area contributed by atoms with Crippen LogP contribution in [-0.2, 0) is 18.3 Å². The highest BCUT2D eigenvalue weighted by molar-refractivity contribution is 7.33. The number of anilines is 1. The number of nitrogens with two attached hydrogens (primary N) is 1. The Morgan fingerprint density at radius 2 is 2.15 bits per heavy atom. The van der Waals surface area contributed by atoms with Gasteiger partial charge in [0.15, 0.2) is 11.5 Å². The molecule has 150 valence electrons. The monoisotopic (exact) mass is 398 g/mol. The van der Waals surface area contributed by atoms with Crippen LogP contribution in [0.15, 0.2) is 12.7 Å². The van der Waals surface area contributed by atoms with E-state index in [2.05, 4.69) is 19.9 Å². The van der Waals surface area contributed by atoms with Crippen LogP contribution >= 0.6 is 8.25 Å². The van der Waals surface area contributed by atoms with E-state index in [4.69, 9.17) is 19.5 Å². The van der Waals surface area contributed by atoms with Gasteiger partial charge in [-0.25, -0.2) is 15.0 Å². The molecule has 0 aliphatic carbocycles. The van der Waals surface area contributed by atoms with Crippen molar-refractivity contribution in [3.8, 4) is 0 Å². The van der Waals surface area contributed by atoms with E-state index in [1.165, 1.54) is 6.33 Å². The van der Waals surface area contributed by atoms with Crippen molar-refractivity contribution in [2.24, 2.45) is 0 Å². The molecule has 0 amide bonds. The zero-order chi connectivity index (χ0) is 19.4. The Balaban J connectivity index is 1.51. The van der Waals surface area contributed by atoms with Crippen LogP contribution in [0.4, 0.5) is 5.82 Å². The molecule has 2 aromatic rings. The topological polar surface area (TPSA) is 118 Å². The first kappa shape index (κ1) is 20.2. The van der Waals surface area contributed by atoms with Crippen molar-refractivity contribution in [3.05, 3.63) is 12.7 Å². The zero-order valence-corrected chi connectivity index (χ0v) is 16.9. The van der Waals surface area contributed by atoms with Crippen molar-refractivity contribution in [1.82, 2.24) is 24.4 Å². The number of hydrogen-bond acceptors (Lipinski definition) is 9. The highest BCUT2D eigenvalue weighted by Gasteiger charge is 2.29. The van der Waals surface area contributed by atoms with E-state index in [9.17, 15) is 4.57 Å². The maximum Gasteiger partial charge on any atom is 0.320 e. The maximum atomic E-state index is 12.1. The molecule has 10 nitrogen and oxygen atoms in total. The number of nitrogen functional groups attached to an aromatic ring is 1. The lowest BCUT2D eigenvalue weighted by Gasteiger charge is -2.25. The van der Waals surface area contributed by atoms with Crippen LogP contribution in [0.1, 0.15) is 39.8 Å². The Bertz CT molecular complexity index is 783. The highest BCUT2D eigenvalue weighted by atomic mass is 31.1. The molecule has 0 spiro atoms. The van der Waals surface area contributed by atoms with Crippen molar-refractivity contribution >= 4 is 25.2 Å². The maximum absolute atomic E-state index is 12.1. The molecule has 0 saturated carbocycles. The third-order valence-corrected chi connectivity index (χ3v) is 5.70. The van der Waals surface area contributed by atoms with Crippen molar-refractivity contribution in [1.29, 1.82) is 0 Å². The van der Waals surface area contributed by atoms with Gasteiger partial charge >= 0.3 is 8.25 Å². The number of fused-ring (bicyclic) bond motifs is 1. The van der Waals surface area contributed by atoms with Gasteiger partial charge in [0.2, 0.25) is 0 Å². The molecular formula is C16H27N6O4P. The fourth-order valence-corrected chi connectivity index (χ4v) is 4.06. The minimum Gasteiger partial charge on any atom is -0.382 e. The first-order chi connectivity index (χ1) is 13.0. The smallest absolute Gasteiger partial charge is 0.320 e. The second-order valence-corrected chi connectivity index (χ2v) is 7.40. The second kappa shape index (κ2) is 9.07. The number of aromatic nitrogens is 4. The predicted octanol–water partition coefficient (Wildman–Crippen LogP) is 2.20. The second-order valence-electron chi connectivity index (χ2n) is 6.37. The zero-order valence-electron chi connectivity index (χ0n) is 15.9. The van der Waals surface area contributed by atoms with Crippen LogP contribution in [0, 0.1) is 0 Å². The lowest BCUT2D eigenvalue weighted by molar-refractivity contribution is -0.0219. The van der Waals surface area contributed by atoms with E-state index < -0.39 is 8.25 Å². The number of nitrogens with zero attached hydrogens (tertiary/aromatic N) is 5. The summed E-state index contributed by atoms with van der Waals surface area (Å²) in [7, 11) is -2.58. The Kier molecular flexibility index (Phi) is 6.78. The van der Waals surface area contributed by atoms with Gasteiger partial charge in [0.1, 0.15) is 24.3 Å². The molecule has 2 unspecified atom stereocenters. The van der Waals surface area contributed by atoms with Crippen LogP contribution in [0.2, 0.25) is 0 Å². The van der Waals surface area contributed by atoms with Crippen LogP contribution in [-0.4, -0.2) is 56.4 Å². The Labute approximate surface area is 159 Å². The third-order valence-electron chi connectivity index (χ3n) is 4.76. The highest BCUT2D eigenvalue weighted by Crippen LogP contribution is 2.34. The fourth-order valence-electron chi connectivity index (χ4n) is 3.24. The Morgan fingerprint density at radius 3 is 2.89 bits per heavy atom. The van der Waals surface area contributed by atoms with Gasteiger partial charge in [0, 0.05) is 0 Å². The van der Waals surface area contributed by atoms with Gasteiger partial charge in [-0.05, 0) is 32.9 Å². The summed E-state index contributed by atoms with van der Waals surface area (Å²) >= 11 is 0. The van der Waals surface area contributed by atoms with Crippen LogP contribution < -0.4 is 5.73 Å². The molecule has 0 aromatic carbocycles. The first-order valence-electron chi connectivity index (χ1n) is 9.19. The summed E-state index contributed by atoms with van der Waals surface area (Å²) in [6, 6.07) is 0. The first-order valence-corrected chi connectivity index (χ1v) is 10.4. The molecule has 0 bridgehead atoms. The van der Waals surface area contributed by atoms with Gasteiger partial charge in [-0.2, -0.15) is 0 Å². The fraction of sp³-hybridized carbons (Fsp3) is 0.688. The number of rotatable bonds is 9. The largest absolute Gasteiger partial charge is 0.382 e. The summed E-state index contributed by atoms with van der Waals surface area (Å²) < 4.78 is 30.8. The molecule has 1 aliphatic heterocycles. The van der Waals surface area contributed by atoms with E-state index in [0.717, 1.165) is 25.9 Å². The summed E-state index contributed by atoms with van der Waals surface area (Å²) in [5.74, 6) is 0.342.